The van der Waals surface area contributed by atoms with Crippen LogP contribution in [0.25, 0.3) is 0 Å². The minimum absolute atomic E-state index is 0.130. The molecule has 4 aromatic rings. The third-order valence-electron chi connectivity index (χ3n) is 8.47. The van der Waals surface area contributed by atoms with Crippen LogP contribution in [0.5, 0.6) is 0 Å². The average Bonchev–Trinajstić information content (AvgIpc) is 3.28. The quantitative estimate of drug-likeness (QED) is 0.171. The topological polar surface area (TPSA) is 122 Å². The Labute approximate surface area is 234 Å². The van der Waals surface area contributed by atoms with Crippen molar-refractivity contribution >= 4 is 35.3 Å². The number of rotatable bonds is 5. The van der Waals surface area contributed by atoms with E-state index in [-0.39, 0.29) is 29.0 Å². The third kappa shape index (κ3) is 3.42. The van der Waals surface area contributed by atoms with E-state index in [0.29, 0.717) is 5.69 Å². The van der Waals surface area contributed by atoms with Crippen LogP contribution in [0.2, 0.25) is 0 Å². The van der Waals surface area contributed by atoms with E-state index in [1.54, 1.807) is 30.5 Å². The second-order valence-corrected chi connectivity index (χ2v) is 10.4. The molecule has 1 heterocycles. The number of nitro groups is 1. The zero-order chi connectivity index (χ0) is 28.3. The van der Waals surface area contributed by atoms with Crippen LogP contribution in [0, 0.1) is 22.0 Å². The number of para-hydroxylation sites is 1. The lowest BCUT2D eigenvalue weighted by Gasteiger charge is -2.52. The molecule has 0 unspecified atom stereocenters. The Morgan fingerprint density at radius 1 is 0.829 bits per heavy atom. The first-order valence-electron chi connectivity index (χ1n) is 13.1. The average molecular weight is 543 g/mol. The van der Waals surface area contributed by atoms with E-state index in [1.807, 2.05) is 54.6 Å². The molecular weight excluding hydrogens is 520 g/mol. The van der Waals surface area contributed by atoms with Crippen molar-refractivity contribution in [1.29, 1.82) is 0 Å². The number of carbonyl (C=O) groups excluding carboxylic acids is 3. The van der Waals surface area contributed by atoms with Gasteiger partial charge < -0.3 is 0 Å². The minimum atomic E-state index is -1.12. The molecule has 0 spiro atoms. The number of carbonyl (C=O) groups is 3. The van der Waals surface area contributed by atoms with E-state index < -0.39 is 28.1 Å². The summed E-state index contributed by atoms with van der Waals surface area (Å²) in [6, 6.07) is 29.7. The molecular formula is C32H22N4O5. The summed E-state index contributed by atoms with van der Waals surface area (Å²) in [4.78, 5) is 53.0. The fourth-order valence-electron chi connectivity index (χ4n) is 6.87. The van der Waals surface area contributed by atoms with E-state index in [0.717, 1.165) is 22.3 Å². The molecule has 1 N–H and O–H groups in total. The molecule has 0 radical (unpaired) electrons. The van der Waals surface area contributed by atoms with Crippen LogP contribution in [-0.2, 0) is 15.0 Å². The monoisotopic (exact) mass is 542 g/mol. The van der Waals surface area contributed by atoms with Gasteiger partial charge in [-0.3, -0.25) is 24.5 Å². The number of amides is 3. The van der Waals surface area contributed by atoms with Crippen molar-refractivity contribution < 1.29 is 19.3 Å². The SMILES string of the molecule is O=C(N/N=C\C12c3ccccc3C(c3ccccc31)[C@H]1C(=O)N(c3ccccc3)C(=O)[C@@H]12)c1ccc([N+](=O)[O-])cc1. The molecule has 3 aliphatic carbocycles. The third-order valence-corrected chi connectivity index (χ3v) is 8.47. The number of nitrogens with zero attached hydrogens (tertiary/aromatic N) is 3. The molecule has 1 saturated heterocycles. The number of anilines is 1. The van der Waals surface area contributed by atoms with Crippen LogP contribution in [0.15, 0.2) is 108 Å². The predicted molar refractivity (Wildman–Crippen MR) is 150 cm³/mol. The first-order valence-corrected chi connectivity index (χ1v) is 13.1. The molecule has 41 heavy (non-hydrogen) atoms. The first kappa shape index (κ1) is 24.6. The molecule has 1 fully saturated rings. The molecule has 4 aromatic carbocycles. The second-order valence-electron chi connectivity index (χ2n) is 10.4. The van der Waals surface area contributed by atoms with Gasteiger partial charge in [0.15, 0.2) is 0 Å². The van der Waals surface area contributed by atoms with Crippen molar-refractivity contribution in [3.8, 4) is 0 Å². The zero-order valence-corrected chi connectivity index (χ0v) is 21.5. The zero-order valence-electron chi connectivity index (χ0n) is 21.5. The maximum atomic E-state index is 14.3. The lowest BCUT2D eigenvalue weighted by molar-refractivity contribution is -0.384. The molecule has 9 nitrogen and oxygen atoms in total. The van der Waals surface area contributed by atoms with Crippen LogP contribution >= 0.6 is 0 Å². The Morgan fingerprint density at radius 2 is 1.41 bits per heavy atom. The predicted octanol–water partition coefficient (Wildman–Crippen LogP) is 4.56. The van der Waals surface area contributed by atoms with E-state index >= 15 is 0 Å². The Bertz CT molecular complexity index is 1740. The number of benzene rings is 4. The van der Waals surface area contributed by atoms with Gasteiger partial charge >= 0.3 is 0 Å². The van der Waals surface area contributed by atoms with Gasteiger partial charge in [-0.2, -0.15) is 5.10 Å². The summed E-state index contributed by atoms with van der Waals surface area (Å²) in [5.74, 6) is -2.85. The van der Waals surface area contributed by atoms with Gasteiger partial charge in [0, 0.05) is 29.8 Å². The van der Waals surface area contributed by atoms with Gasteiger partial charge in [0.25, 0.3) is 11.6 Å². The maximum absolute atomic E-state index is 14.3. The fraction of sp³-hybridized carbons (Fsp3) is 0.125. The largest absolute Gasteiger partial charge is 0.274 e. The molecule has 2 bridgehead atoms. The summed E-state index contributed by atoms with van der Waals surface area (Å²) >= 11 is 0. The summed E-state index contributed by atoms with van der Waals surface area (Å²) in [5.41, 5.74) is 5.64. The molecule has 8 rings (SSSR count). The van der Waals surface area contributed by atoms with Crippen LogP contribution in [0.4, 0.5) is 11.4 Å². The minimum Gasteiger partial charge on any atom is -0.274 e. The highest BCUT2D eigenvalue weighted by molar-refractivity contribution is 6.25. The summed E-state index contributed by atoms with van der Waals surface area (Å²) < 4.78 is 0. The van der Waals surface area contributed by atoms with Gasteiger partial charge in [-0.1, -0.05) is 66.7 Å². The van der Waals surface area contributed by atoms with Crippen LogP contribution in [-0.4, -0.2) is 28.9 Å². The van der Waals surface area contributed by atoms with Gasteiger partial charge in [0.05, 0.1) is 27.9 Å². The molecule has 9 heteroatoms. The Morgan fingerprint density at radius 3 is 2.02 bits per heavy atom. The van der Waals surface area contributed by atoms with Crippen LogP contribution < -0.4 is 10.3 Å². The van der Waals surface area contributed by atoms with Crippen molar-refractivity contribution in [2.24, 2.45) is 16.9 Å². The van der Waals surface area contributed by atoms with Crippen molar-refractivity contribution in [2.45, 2.75) is 11.3 Å². The van der Waals surface area contributed by atoms with Gasteiger partial charge in [0.1, 0.15) is 0 Å². The number of imide groups is 1. The van der Waals surface area contributed by atoms with E-state index in [1.165, 1.54) is 29.2 Å². The number of hydrogen-bond acceptors (Lipinski definition) is 6. The van der Waals surface area contributed by atoms with E-state index in [9.17, 15) is 24.5 Å². The molecule has 200 valence electrons. The van der Waals surface area contributed by atoms with Gasteiger partial charge in [-0.05, 0) is 46.5 Å². The lowest BCUT2D eigenvalue weighted by atomic mass is 9.47. The summed E-state index contributed by atoms with van der Waals surface area (Å²) in [7, 11) is 0. The van der Waals surface area contributed by atoms with Crippen molar-refractivity contribution in [1.82, 2.24) is 5.43 Å². The highest BCUT2D eigenvalue weighted by atomic mass is 16.6. The van der Waals surface area contributed by atoms with Gasteiger partial charge in [-0.25, -0.2) is 10.3 Å². The van der Waals surface area contributed by atoms with Crippen molar-refractivity contribution in [2.75, 3.05) is 4.90 Å². The smallest absolute Gasteiger partial charge is 0.271 e. The summed E-state index contributed by atoms with van der Waals surface area (Å²) in [6.45, 7) is 0. The Balaban J connectivity index is 1.36. The molecule has 0 saturated carbocycles. The maximum Gasteiger partial charge on any atom is 0.271 e. The van der Waals surface area contributed by atoms with Crippen molar-refractivity contribution in [3.05, 3.63) is 141 Å². The normalized spacial score (nSPS) is 23.7. The second kappa shape index (κ2) is 9.06. The van der Waals surface area contributed by atoms with Gasteiger partial charge in [0.2, 0.25) is 11.8 Å². The van der Waals surface area contributed by atoms with Crippen molar-refractivity contribution in [3.63, 3.8) is 0 Å². The molecule has 0 aromatic heterocycles. The standard InChI is InChI=1S/C32H22N4O5/c37-29(19-14-16-21(17-15-19)36(40)41)34-33-18-32-24-12-6-4-10-22(24)26(23-11-5-7-13-25(23)32)27-28(32)31(39)35(30(27)38)20-8-2-1-3-9-20/h1-18,26-28H,(H,34,37)/b33-18-/t26?,27-,28-,32?/m1/s1. The van der Waals surface area contributed by atoms with Crippen LogP contribution in [0.3, 0.4) is 0 Å². The van der Waals surface area contributed by atoms with E-state index in [2.05, 4.69) is 10.5 Å². The first-order chi connectivity index (χ1) is 19.9. The Kier molecular flexibility index (Phi) is 5.43. The molecule has 2 atom stereocenters. The summed E-state index contributed by atoms with van der Waals surface area (Å²) in [5, 5.41) is 15.4. The Hall–Kier alpha value is -5.44. The van der Waals surface area contributed by atoms with E-state index in [4.69, 9.17) is 0 Å². The number of hydrazone groups is 1. The summed E-state index contributed by atoms with van der Waals surface area (Å²) in [6.07, 6.45) is 1.58. The van der Waals surface area contributed by atoms with Crippen LogP contribution in [0.1, 0.15) is 38.5 Å². The molecule has 3 amide bonds. The van der Waals surface area contributed by atoms with Gasteiger partial charge in [-0.15, -0.1) is 0 Å². The highest BCUT2D eigenvalue weighted by Gasteiger charge is 2.68. The molecule has 1 aliphatic heterocycles. The number of nitrogens with one attached hydrogen (secondary N) is 1. The fourth-order valence-corrected chi connectivity index (χ4v) is 6.87. The number of non-ortho nitro benzene ring substituents is 1. The highest BCUT2D eigenvalue weighted by Crippen LogP contribution is 2.63. The lowest BCUT2D eigenvalue weighted by Crippen LogP contribution is -2.54. The molecule has 4 aliphatic rings. The number of hydrogen-bond donors (Lipinski definition) is 1. The number of nitro benzene ring substituents is 1.